The predicted molar refractivity (Wildman–Crippen MR) is 93.6 cm³/mol. The van der Waals surface area contributed by atoms with Crippen LogP contribution in [0, 0.1) is 12.5 Å². The Labute approximate surface area is 134 Å². The van der Waals surface area contributed by atoms with E-state index in [1.807, 2.05) is 0 Å². The summed E-state index contributed by atoms with van der Waals surface area (Å²) in [5.74, 6) is 0.509. The second-order valence-corrected chi connectivity index (χ2v) is 6.46. The lowest BCUT2D eigenvalue weighted by Gasteiger charge is -2.33. The van der Waals surface area contributed by atoms with Gasteiger partial charge >= 0.3 is 0 Å². The zero-order chi connectivity index (χ0) is 15.5. The molecule has 3 rings (SSSR count). The molecule has 0 saturated heterocycles. The van der Waals surface area contributed by atoms with E-state index in [2.05, 4.69) is 73.8 Å². The van der Waals surface area contributed by atoms with Gasteiger partial charge in [0.05, 0.1) is 6.54 Å². The Morgan fingerprint density at radius 1 is 1.05 bits per heavy atom. The van der Waals surface area contributed by atoms with Crippen LogP contribution in [0.2, 0.25) is 0 Å². The average Bonchev–Trinajstić information content (AvgIpc) is 2.96. The summed E-state index contributed by atoms with van der Waals surface area (Å²) in [5, 5.41) is 0. The summed E-state index contributed by atoms with van der Waals surface area (Å²) in [7, 11) is 0. The molecular weight excluding hydrogens is 268 g/mol. The first-order valence-electron chi connectivity index (χ1n) is 8.17. The average molecular weight is 293 g/mol. The Hall–Kier alpha value is -1.80. The van der Waals surface area contributed by atoms with Gasteiger partial charge in [0.2, 0.25) is 0 Å². The standard InChI is InChI=1S/C20H25N2/c1-15(2)14-22(20-10-6-5-9-18(20)13-21)19-11-16-7-3-4-8-17(16)12-19/h3-10,14-15,19H,11-13,21H2,1-2H3. The fourth-order valence-corrected chi connectivity index (χ4v) is 3.39. The second kappa shape index (κ2) is 6.53. The van der Waals surface area contributed by atoms with Crippen molar-refractivity contribution in [2.45, 2.75) is 39.3 Å². The molecule has 0 heterocycles. The number of anilines is 1. The topological polar surface area (TPSA) is 29.3 Å². The van der Waals surface area contributed by atoms with Crippen LogP contribution in [0.15, 0.2) is 48.5 Å². The molecule has 1 radical (unpaired) electrons. The number of para-hydroxylation sites is 1. The first kappa shape index (κ1) is 15.1. The van der Waals surface area contributed by atoms with Crippen LogP contribution in [0.4, 0.5) is 5.69 Å². The maximum atomic E-state index is 5.96. The molecule has 1 aliphatic rings. The first-order valence-corrected chi connectivity index (χ1v) is 8.17. The van der Waals surface area contributed by atoms with Crippen LogP contribution >= 0.6 is 0 Å². The van der Waals surface area contributed by atoms with Gasteiger partial charge in [-0.15, -0.1) is 0 Å². The fraction of sp³-hybridized carbons (Fsp3) is 0.350. The smallest absolute Gasteiger partial charge is 0.0522 e. The van der Waals surface area contributed by atoms with Crippen molar-refractivity contribution in [1.29, 1.82) is 0 Å². The second-order valence-electron chi connectivity index (χ2n) is 6.46. The van der Waals surface area contributed by atoms with E-state index in [9.17, 15) is 0 Å². The molecule has 0 fully saturated rings. The lowest BCUT2D eigenvalue weighted by atomic mass is 10.0. The van der Waals surface area contributed by atoms with E-state index < -0.39 is 0 Å². The summed E-state index contributed by atoms with van der Waals surface area (Å²) in [6.45, 7) is 7.41. The monoisotopic (exact) mass is 293 g/mol. The first-order chi connectivity index (χ1) is 10.7. The third kappa shape index (κ3) is 3.02. The molecule has 115 valence electrons. The van der Waals surface area contributed by atoms with E-state index in [0.717, 1.165) is 12.8 Å². The molecule has 0 unspecified atom stereocenters. The molecule has 2 nitrogen and oxygen atoms in total. The third-order valence-corrected chi connectivity index (χ3v) is 4.37. The number of hydrogen-bond acceptors (Lipinski definition) is 2. The molecule has 2 aromatic carbocycles. The van der Waals surface area contributed by atoms with Crippen LogP contribution in [0.1, 0.15) is 30.5 Å². The Morgan fingerprint density at radius 3 is 2.23 bits per heavy atom. The van der Waals surface area contributed by atoms with E-state index in [-0.39, 0.29) is 0 Å². The van der Waals surface area contributed by atoms with Crippen molar-refractivity contribution < 1.29 is 0 Å². The number of benzene rings is 2. The van der Waals surface area contributed by atoms with Crippen molar-refractivity contribution in [3.8, 4) is 0 Å². The van der Waals surface area contributed by atoms with Gasteiger partial charge in [-0.05, 0) is 41.5 Å². The Bertz CT molecular complexity index is 608. The van der Waals surface area contributed by atoms with Crippen LogP contribution in [0.3, 0.4) is 0 Å². The van der Waals surface area contributed by atoms with Crippen molar-refractivity contribution >= 4 is 5.69 Å². The van der Waals surface area contributed by atoms with Gasteiger partial charge in [0.25, 0.3) is 0 Å². The van der Waals surface area contributed by atoms with Gasteiger partial charge in [0.15, 0.2) is 0 Å². The fourth-order valence-electron chi connectivity index (χ4n) is 3.39. The molecule has 2 aromatic rings. The minimum absolute atomic E-state index is 0.493. The van der Waals surface area contributed by atoms with Crippen LogP contribution < -0.4 is 10.6 Å². The number of hydrogen-bond donors (Lipinski definition) is 1. The lowest BCUT2D eigenvalue weighted by Crippen LogP contribution is -2.36. The largest absolute Gasteiger partial charge is 0.362 e. The quantitative estimate of drug-likeness (QED) is 0.905. The van der Waals surface area contributed by atoms with Crippen molar-refractivity contribution in [3.63, 3.8) is 0 Å². The highest BCUT2D eigenvalue weighted by molar-refractivity contribution is 5.57. The van der Waals surface area contributed by atoms with Gasteiger partial charge in [-0.1, -0.05) is 56.3 Å². The summed E-state index contributed by atoms with van der Waals surface area (Å²) in [5.41, 5.74) is 11.4. The van der Waals surface area contributed by atoms with E-state index in [0.29, 0.717) is 18.5 Å². The van der Waals surface area contributed by atoms with E-state index in [1.165, 1.54) is 22.4 Å². The van der Waals surface area contributed by atoms with Crippen LogP contribution in [0.5, 0.6) is 0 Å². The van der Waals surface area contributed by atoms with Crippen molar-refractivity contribution in [2.24, 2.45) is 11.7 Å². The molecule has 0 atom stereocenters. The molecule has 0 aliphatic heterocycles. The zero-order valence-electron chi connectivity index (χ0n) is 13.5. The van der Waals surface area contributed by atoms with E-state index in [4.69, 9.17) is 5.73 Å². The Morgan fingerprint density at radius 2 is 1.64 bits per heavy atom. The number of nitrogens with two attached hydrogens (primary N) is 1. The molecule has 0 aromatic heterocycles. The molecule has 0 amide bonds. The van der Waals surface area contributed by atoms with Crippen LogP contribution in [-0.2, 0) is 19.4 Å². The van der Waals surface area contributed by atoms with Gasteiger partial charge in [-0.3, -0.25) is 0 Å². The molecule has 2 heteroatoms. The summed E-state index contributed by atoms with van der Waals surface area (Å²) in [6.07, 6.45) is 2.22. The van der Waals surface area contributed by atoms with Gasteiger partial charge in [-0.2, -0.15) is 0 Å². The Kier molecular flexibility index (Phi) is 4.49. The number of rotatable bonds is 5. The maximum absolute atomic E-state index is 5.96. The highest BCUT2D eigenvalue weighted by Crippen LogP contribution is 2.32. The number of nitrogens with zero attached hydrogens (tertiary/aromatic N) is 1. The summed E-state index contributed by atoms with van der Waals surface area (Å²) < 4.78 is 0. The predicted octanol–water partition coefficient (Wildman–Crippen LogP) is 3.94. The van der Waals surface area contributed by atoms with Gasteiger partial charge in [-0.25, -0.2) is 0 Å². The molecule has 2 N–H and O–H groups in total. The minimum Gasteiger partial charge on any atom is -0.362 e. The van der Waals surface area contributed by atoms with Gasteiger partial charge in [0.1, 0.15) is 0 Å². The molecule has 22 heavy (non-hydrogen) atoms. The highest BCUT2D eigenvalue weighted by atomic mass is 15.2. The normalized spacial score (nSPS) is 14.4. The van der Waals surface area contributed by atoms with Gasteiger partial charge in [0, 0.05) is 18.3 Å². The maximum Gasteiger partial charge on any atom is 0.0522 e. The van der Waals surface area contributed by atoms with Crippen molar-refractivity contribution in [3.05, 3.63) is 71.8 Å². The Balaban J connectivity index is 1.91. The molecule has 0 saturated carbocycles. The number of fused-ring (bicyclic) bond motifs is 1. The highest BCUT2D eigenvalue weighted by Gasteiger charge is 2.28. The molecule has 1 aliphatic carbocycles. The SMILES string of the molecule is CC(C)[CH]N(c1ccccc1CN)C1Cc2ccccc2C1. The third-order valence-electron chi connectivity index (χ3n) is 4.37. The van der Waals surface area contributed by atoms with Crippen LogP contribution in [0.25, 0.3) is 0 Å². The van der Waals surface area contributed by atoms with Crippen LogP contribution in [-0.4, -0.2) is 6.04 Å². The van der Waals surface area contributed by atoms with Gasteiger partial charge < -0.3 is 10.6 Å². The summed E-state index contributed by atoms with van der Waals surface area (Å²) in [4.78, 5) is 2.47. The van der Waals surface area contributed by atoms with E-state index >= 15 is 0 Å². The summed E-state index contributed by atoms with van der Waals surface area (Å²) in [6, 6.07) is 17.8. The molecule has 0 spiro atoms. The molecular formula is C20H25N2. The molecule has 0 bridgehead atoms. The minimum atomic E-state index is 0.493. The summed E-state index contributed by atoms with van der Waals surface area (Å²) >= 11 is 0. The van der Waals surface area contributed by atoms with Crippen molar-refractivity contribution in [1.82, 2.24) is 0 Å². The lowest BCUT2D eigenvalue weighted by molar-refractivity contribution is 0.601. The van der Waals surface area contributed by atoms with E-state index in [1.54, 1.807) is 0 Å². The van der Waals surface area contributed by atoms with Crippen molar-refractivity contribution in [2.75, 3.05) is 4.90 Å². The zero-order valence-corrected chi connectivity index (χ0v) is 13.5.